The lowest BCUT2D eigenvalue weighted by atomic mass is 9.91. The lowest BCUT2D eigenvalue weighted by Gasteiger charge is -2.29. The van der Waals surface area contributed by atoms with E-state index in [1.54, 1.807) is 0 Å². The zero-order chi connectivity index (χ0) is 11.5. The molecule has 3 nitrogen and oxygen atoms in total. The van der Waals surface area contributed by atoms with Gasteiger partial charge in [-0.15, -0.1) is 0 Å². The van der Waals surface area contributed by atoms with Gasteiger partial charge in [0.25, 0.3) is 5.92 Å². The van der Waals surface area contributed by atoms with Crippen LogP contribution in [0.15, 0.2) is 0 Å². The molecule has 0 bridgehead atoms. The number of rotatable bonds is 4. The molecular formula is C8H13ClF2O3S. The molecular weight excluding hydrogens is 250 g/mol. The third kappa shape index (κ3) is 4.61. The number of hydrogen-bond acceptors (Lipinski definition) is 3. The Balaban J connectivity index is 2.49. The van der Waals surface area contributed by atoms with Crippen LogP contribution in [0, 0.1) is 5.92 Å². The molecule has 90 valence electrons. The van der Waals surface area contributed by atoms with E-state index in [1.807, 2.05) is 0 Å². The maximum atomic E-state index is 13.5. The molecule has 1 saturated heterocycles. The fourth-order valence-corrected chi connectivity index (χ4v) is 2.33. The van der Waals surface area contributed by atoms with Crippen molar-refractivity contribution in [3.63, 3.8) is 0 Å². The SMILES string of the molecule is O=S(=O)(Cl)CCC(F)(F)C1CCOCC1. The minimum absolute atomic E-state index is 0.273. The van der Waals surface area contributed by atoms with Gasteiger partial charge in [-0.2, -0.15) is 0 Å². The predicted octanol–water partition coefficient (Wildman–Crippen LogP) is 2.01. The second kappa shape index (κ2) is 4.93. The van der Waals surface area contributed by atoms with Gasteiger partial charge in [0.15, 0.2) is 0 Å². The van der Waals surface area contributed by atoms with Crippen molar-refractivity contribution < 1.29 is 21.9 Å². The van der Waals surface area contributed by atoms with Crippen LogP contribution in [-0.2, 0) is 13.8 Å². The molecule has 1 aliphatic heterocycles. The van der Waals surface area contributed by atoms with Gasteiger partial charge in [-0.05, 0) is 12.8 Å². The van der Waals surface area contributed by atoms with E-state index in [1.165, 1.54) is 0 Å². The molecule has 1 rings (SSSR count). The minimum atomic E-state index is -3.84. The van der Waals surface area contributed by atoms with Crippen molar-refractivity contribution in [1.29, 1.82) is 0 Å². The highest BCUT2D eigenvalue weighted by Crippen LogP contribution is 2.35. The molecule has 0 N–H and O–H groups in total. The molecule has 1 aliphatic rings. The van der Waals surface area contributed by atoms with Crippen molar-refractivity contribution in [3.05, 3.63) is 0 Å². The predicted molar refractivity (Wildman–Crippen MR) is 52.7 cm³/mol. The lowest BCUT2D eigenvalue weighted by Crippen LogP contribution is -2.34. The van der Waals surface area contributed by atoms with Gasteiger partial charge in [-0.1, -0.05) is 0 Å². The first kappa shape index (κ1) is 13.1. The number of ether oxygens (including phenoxy) is 1. The molecule has 15 heavy (non-hydrogen) atoms. The molecule has 0 aromatic carbocycles. The Hall–Kier alpha value is 0.0600. The van der Waals surface area contributed by atoms with Crippen LogP contribution in [0.2, 0.25) is 0 Å². The van der Waals surface area contributed by atoms with Crippen molar-refractivity contribution in [1.82, 2.24) is 0 Å². The van der Waals surface area contributed by atoms with Gasteiger partial charge in [0.1, 0.15) is 0 Å². The van der Waals surface area contributed by atoms with Crippen LogP contribution < -0.4 is 0 Å². The Bertz CT molecular complexity index is 299. The molecule has 0 spiro atoms. The largest absolute Gasteiger partial charge is 0.381 e. The Labute approximate surface area is 92.2 Å². The average molecular weight is 263 g/mol. The van der Waals surface area contributed by atoms with E-state index in [0.717, 1.165) is 0 Å². The second-order valence-electron chi connectivity index (χ2n) is 3.64. The van der Waals surface area contributed by atoms with E-state index in [9.17, 15) is 17.2 Å². The molecule has 0 aliphatic carbocycles. The Kier molecular flexibility index (Phi) is 4.31. The summed E-state index contributed by atoms with van der Waals surface area (Å²) < 4.78 is 53.0. The summed E-state index contributed by atoms with van der Waals surface area (Å²) in [6, 6.07) is 0. The molecule has 0 atom stereocenters. The van der Waals surface area contributed by atoms with Gasteiger partial charge in [-0.25, -0.2) is 17.2 Å². The Morgan fingerprint density at radius 3 is 2.33 bits per heavy atom. The first-order chi connectivity index (χ1) is 6.81. The highest BCUT2D eigenvalue weighted by atomic mass is 35.7. The van der Waals surface area contributed by atoms with Crippen LogP contribution in [0.5, 0.6) is 0 Å². The molecule has 0 radical (unpaired) electrons. The standard InChI is InChI=1S/C8H13ClF2O3S/c9-15(12,13)6-3-8(10,11)7-1-4-14-5-2-7/h7H,1-6H2. The van der Waals surface area contributed by atoms with Crippen molar-refractivity contribution >= 4 is 19.7 Å². The molecule has 0 aromatic rings. The van der Waals surface area contributed by atoms with Crippen molar-refractivity contribution in [2.45, 2.75) is 25.2 Å². The normalized spacial score (nSPS) is 20.5. The topological polar surface area (TPSA) is 43.4 Å². The fraction of sp³-hybridized carbons (Fsp3) is 1.00. The summed E-state index contributed by atoms with van der Waals surface area (Å²) in [6.07, 6.45) is -0.159. The monoisotopic (exact) mass is 262 g/mol. The summed E-state index contributed by atoms with van der Waals surface area (Å²) in [5.41, 5.74) is 0. The fourth-order valence-electron chi connectivity index (χ4n) is 1.58. The van der Waals surface area contributed by atoms with Gasteiger partial charge in [-0.3, -0.25) is 0 Å². The quantitative estimate of drug-likeness (QED) is 0.728. The maximum Gasteiger partial charge on any atom is 0.252 e. The first-order valence-electron chi connectivity index (χ1n) is 4.69. The van der Waals surface area contributed by atoms with Crippen LogP contribution >= 0.6 is 10.7 Å². The minimum Gasteiger partial charge on any atom is -0.381 e. The summed E-state index contributed by atoms with van der Waals surface area (Å²) in [4.78, 5) is 0. The molecule has 0 saturated carbocycles. The lowest BCUT2D eigenvalue weighted by molar-refractivity contribution is -0.0972. The van der Waals surface area contributed by atoms with E-state index >= 15 is 0 Å². The van der Waals surface area contributed by atoms with Crippen molar-refractivity contribution in [3.8, 4) is 0 Å². The van der Waals surface area contributed by atoms with E-state index in [4.69, 9.17) is 15.4 Å². The third-order valence-corrected chi connectivity index (χ3v) is 3.65. The van der Waals surface area contributed by atoms with Crippen molar-refractivity contribution in [2.24, 2.45) is 5.92 Å². The maximum absolute atomic E-state index is 13.5. The molecule has 7 heteroatoms. The molecule has 0 amide bonds. The highest BCUT2D eigenvalue weighted by molar-refractivity contribution is 8.13. The zero-order valence-corrected chi connectivity index (χ0v) is 9.66. The van der Waals surface area contributed by atoms with Crippen molar-refractivity contribution in [2.75, 3.05) is 19.0 Å². The number of alkyl halides is 2. The molecule has 0 aromatic heterocycles. The van der Waals surface area contributed by atoms with Gasteiger partial charge in [0.2, 0.25) is 9.05 Å². The number of halogens is 3. The molecule has 1 fully saturated rings. The van der Waals surface area contributed by atoms with Gasteiger partial charge in [0, 0.05) is 36.2 Å². The average Bonchev–Trinajstić information content (AvgIpc) is 2.16. The molecule has 1 heterocycles. The van der Waals surface area contributed by atoms with Crippen LogP contribution in [0.4, 0.5) is 8.78 Å². The smallest absolute Gasteiger partial charge is 0.252 e. The highest BCUT2D eigenvalue weighted by Gasteiger charge is 2.40. The van der Waals surface area contributed by atoms with Crippen LogP contribution in [0.1, 0.15) is 19.3 Å². The summed E-state index contributed by atoms with van der Waals surface area (Å²) in [5, 5.41) is 0. The summed E-state index contributed by atoms with van der Waals surface area (Å²) in [6.45, 7) is 0.627. The third-order valence-electron chi connectivity index (χ3n) is 2.50. The van der Waals surface area contributed by atoms with E-state index in [0.29, 0.717) is 13.2 Å². The van der Waals surface area contributed by atoms with Gasteiger partial charge in [0.05, 0.1) is 5.75 Å². The Morgan fingerprint density at radius 2 is 1.87 bits per heavy atom. The van der Waals surface area contributed by atoms with E-state index < -0.39 is 33.1 Å². The summed E-state index contributed by atoms with van der Waals surface area (Å²) >= 11 is 0. The Morgan fingerprint density at radius 1 is 1.33 bits per heavy atom. The van der Waals surface area contributed by atoms with E-state index in [2.05, 4.69) is 0 Å². The van der Waals surface area contributed by atoms with Crippen LogP contribution in [0.3, 0.4) is 0 Å². The summed E-state index contributed by atoms with van der Waals surface area (Å²) in [5.74, 6) is -4.44. The van der Waals surface area contributed by atoms with Gasteiger partial charge >= 0.3 is 0 Å². The molecule has 0 unspecified atom stereocenters. The van der Waals surface area contributed by atoms with Crippen LogP contribution in [-0.4, -0.2) is 33.3 Å². The van der Waals surface area contributed by atoms with Gasteiger partial charge < -0.3 is 4.74 Å². The zero-order valence-electron chi connectivity index (χ0n) is 8.09. The number of hydrogen-bond donors (Lipinski definition) is 0. The second-order valence-corrected chi connectivity index (χ2v) is 6.54. The first-order valence-corrected chi connectivity index (χ1v) is 7.17. The van der Waals surface area contributed by atoms with Crippen LogP contribution in [0.25, 0.3) is 0 Å². The summed E-state index contributed by atoms with van der Waals surface area (Å²) in [7, 11) is 1.06. The van der Waals surface area contributed by atoms with E-state index in [-0.39, 0.29) is 12.8 Å².